The molecule has 1 atom stereocenters. The van der Waals surface area contributed by atoms with Crippen molar-refractivity contribution in [3.05, 3.63) is 11.2 Å². The van der Waals surface area contributed by atoms with Gasteiger partial charge in [0.1, 0.15) is 11.0 Å². The molecule has 0 aromatic carbocycles. The van der Waals surface area contributed by atoms with E-state index in [1.165, 1.54) is 11.8 Å². The highest BCUT2D eigenvalue weighted by molar-refractivity contribution is 7.99. The fourth-order valence-corrected chi connectivity index (χ4v) is 3.63. The molecule has 9 heteroatoms. The Kier molecular flexibility index (Phi) is 6.89. The zero-order valence-corrected chi connectivity index (χ0v) is 16.5. The van der Waals surface area contributed by atoms with Crippen LogP contribution >= 0.6 is 23.4 Å². The summed E-state index contributed by atoms with van der Waals surface area (Å²) in [4.78, 5) is 36.0. The molecule has 1 fully saturated rings. The predicted molar refractivity (Wildman–Crippen MR) is 100 cm³/mol. The molecule has 2 amide bonds. The van der Waals surface area contributed by atoms with Gasteiger partial charge in [0.25, 0.3) is 0 Å². The number of amides is 2. The zero-order valence-electron chi connectivity index (χ0n) is 15.0. The number of thioether (sulfide) groups is 1. The summed E-state index contributed by atoms with van der Waals surface area (Å²) in [5.41, 5.74) is 0. The Bertz CT molecular complexity index is 643. The molecule has 1 aromatic rings. The summed E-state index contributed by atoms with van der Waals surface area (Å²) < 4.78 is 0. The van der Waals surface area contributed by atoms with E-state index in [0.29, 0.717) is 29.9 Å². The van der Waals surface area contributed by atoms with Crippen LogP contribution in [-0.4, -0.2) is 64.2 Å². The van der Waals surface area contributed by atoms with Crippen molar-refractivity contribution in [3.63, 3.8) is 0 Å². The number of aromatic nitrogens is 2. The van der Waals surface area contributed by atoms with Crippen LogP contribution in [0.25, 0.3) is 0 Å². The number of anilines is 1. The highest BCUT2D eigenvalue weighted by atomic mass is 35.5. The summed E-state index contributed by atoms with van der Waals surface area (Å²) in [6, 6.07) is 1.92. The molecule has 0 bridgehead atoms. The van der Waals surface area contributed by atoms with Crippen LogP contribution in [0.5, 0.6) is 0 Å². The molecule has 138 valence electrons. The maximum absolute atomic E-state index is 11.8. The van der Waals surface area contributed by atoms with Gasteiger partial charge >= 0.3 is 0 Å². The van der Waals surface area contributed by atoms with Gasteiger partial charge in [0, 0.05) is 44.7 Å². The molecule has 25 heavy (non-hydrogen) atoms. The minimum absolute atomic E-state index is 0.0613. The SMILES string of the molecule is CC(=O)N1CCN(c2cc(Cl)nc(SCC(=O)NC(C)C)n2)C[C@@H]1C. The Morgan fingerprint density at radius 2 is 2.12 bits per heavy atom. The van der Waals surface area contributed by atoms with E-state index >= 15 is 0 Å². The van der Waals surface area contributed by atoms with Crippen LogP contribution in [0.1, 0.15) is 27.7 Å². The lowest BCUT2D eigenvalue weighted by molar-refractivity contribution is -0.131. The fourth-order valence-electron chi connectivity index (χ4n) is 2.74. The summed E-state index contributed by atoms with van der Waals surface area (Å²) >= 11 is 7.39. The van der Waals surface area contributed by atoms with Crippen molar-refractivity contribution in [3.8, 4) is 0 Å². The zero-order chi connectivity index (χ0) is 18.6. The van der Waals surface area contributed by atoms with E-state index in [0.717, 1.165) is 5.82 Å². The third-order valence-electron chi connectivity index (χ3n) is 3.80. The Labute approximate surface area is 157 Å². The predicted octanol–water partition coefficient (Wildman–Crippen LogP) is 1.80. The first kappa shape index (κ1) is 19.8. The number of carbonyl (C=O) groups is 2. The minimum atomic E-state index is -0.0613. The van der Waals surface area contributed by atoms with Gasteiger partial charge in [-0.3, -0.25) is 9.59 Å². The van der Waals surface area contributed by atoms with Gasteiger partial charge in [-0.15, -0.1) is 0 Å². The van der Waals surface area contributed by atoms with Gasteiger partial charge < -0.3 is 15.1 Å². The summed E-state index contributed by atoms with van der Waals surface area (Å²) in [6.07, 6.45) is 0. The number of hydrogen-bond acceptors (Lipinski definition) is 6. The van der Waals surface area contributed by atoms with E-state index in [2.05, 4.69) is 20.2 Å². The standard InChI is InChI=1S/C16H24ClN5O2S/c1-10(2)18-15(24)9-25-16-19-13(17)7-14(20-16)21-5-6-22(12(4)23)11(3)8-21/h7,10-11H,5-6,8-9H2,1-4H3,(H,18,24)/t11-/m0/s1. The molecular formula is C16H24ClN5O2S. The summed E-state index contributed by atoms with van der Waals surface area (Å²) in [5, 5.41) is 3.65. The molecule has 0 radical (unpaired) electrons. The monoisotopic (exact) mass is 385 g/mol. The molecule has 0 saturated carbocycles. The van der Waals surface area contributed by atoms with E-state index in [1.807, 2.05) is 25.7 Å². The Balaban J connectivity index is 2.04. The van der Waals surface area contributed by atoms with Gasteiger partial charge in [0.15, 0.2) is 5.16 Å². The van der Waals surface area contributed by atoms with Gasteiger partial charge in [0.2, 0.25) is 11.8 Å². The number of piperazine rings is 1. The molecule has 0 unspecified atom stereocenters. The smallest absolute Gasteiger partial charge is 0.230 e. The summed E-state index contributed by atoms with van der Waals surface area (Å²) in [7, 11) is 0. The fraction of sp³-hybridized carbons (Fsp3) is 0.625. The number of nitrogens with one attached hydrogen (secondary N) is 1. The first-order chi connectivity index (χ1) is 11.8. The normalized spacial score (nSPS) is 17.8. The van der Waals surface area contributed by atoms with E-state index < -0.39 is 0 Å². The van der Waals surface area contributed by atoms with Crippen LogP contribution in [-0.2, 0) is 9.59 Å². The van der Waals surface area contributed by atoms with Crippen molar-refractivity contribution < 1.29 is 9.59 Å². The van der Waals surface area contributed by atoms with Gasteiger partial charge in [-0.05, 0) is 20.8 Å². The van der Waals surface area contributed by atoms with Crippen molar-refractivity contribution in [1.29, 1.82) is 0 Å². The molecule has 1 N–H and O–H groups in total. The molecule has 7 nitrogen and oxygen atoms in total. The summed E-state index contributed by atoms with van der Waals surface area (Å²) in [6.45, 7) is 9.46. The van der Waals surface area contributed by atoms with Crippen molar-refractivity contribution in [2.24, 2.45) is 0 Å². The van der Waals surface area contributed by atoms with Crippen molar-refractivity contribution in [1.82, 2.24) is 20.2 Å². The third kappa shape index (κ3) is 5.74. The van der Waals surface area contributed by atoms with Crippen molar-refractivity contribution in [2.45, 2.75) is 44.9 Å². The minimum Gasteiger partial charge on any atom is -0.353 e. The molecule has 0 aliphatic carbocycles. The second-order valence-electron chi connectivity index (χ2n) is 6.35. The number of nitrogens with zero attached hydrogens (tertiary/aromatic N) is 4. The van der Waals surface area contributed by atoms with E-state index in [-0.39, 0.29) is 29.7 Å². The van der Waals surface area contributed by atoms with Crippen molar-refractivity contribution >= 4 is 41.0 Å². The lowest BCUT2D eigenvalue weighted by Gasteiger charge is -2.40. The maximum atomic E-state index is 11.8. The number of halogens is 1. The Morgan fingerprint density at radius 1 is 1.40 bits per heavy atom. The van der Waals surface area contributed by atoms with Crippen LogP contribution < -0.4 is 10.2 Å². The molecule has 1 saturated heterocycles. The Hall–Kier alpha value is -1.54. The molecule has 1 aliphatic rings. The Morgan fingerprint density at radius 3 is 2.72 bits per heavy atom. The number of carbonyl (C=O) groups excluding carboxylic acids is 2. The van der Waals surface area contributed by atoms with Gasteiger partial charge in [0.05, 0.1) is 5.75 Å². The van der Waals surface area contributed by atoms with Gasteiger partial charge in [-0.25, -0.2) is 9.97 Å². The first-order valence-corrected chi connectivity index (χ1v) is 9.61. The second kappa shape index (κ2) is 8.71. The van der Waals surface area contributed by atoms with Crippen LogP contribution in [0, 0.1) is 0 Å². The van der Waals surface area contributed by atoms with Crippen LogP contribution in [0.2, 0.25) is 5.15 Å². The van der Waals surface area contributed by atoms with Crippen molar-refractivity contribution in [2.75, 3.05) is 30.3 Å². The lowest BCUT2D eigenvalue weighted by Crippen LogP contribution is -2.53. The van der Waals surface area contributed by atoms with Gasteiger partial charge in [-0.2, -0.15) is 0 Å². The van der Waals surface area contributed by atoms with E-state index in [4.69, 9.17) is 11.6 Å². The topological polar surface area (TPSA) is 78.4 Å². The number of rotatable bonds is 5. The number of hydrogen-bond donors (Lipinski definition) is 1. The molecular weight excluding hydrogens is 362 g/mol. The van der Waals surface area contributed by atoms with E-state index in [9.17, 15) is 9.59 Å². The molecule has 2 heterocycles. The average molecular weight is 386 g/mol. The largest absolute Gasteiger partial charge is 0.353 e. The van der Waals surface area contributed by atoms with E-state index in [1.54, 1.807) is 13.0 Å². The maximum Gasteiger partial charge on any atom is 0.230 e. The molecule has 2 rings (SSSR count). The summed E-state index contributed by atoms with van der Waals surface area (Å²) in [5.74, 6) is 0.989. The average Bonchev–Trinajstić information content (AvgIpc) is 2.51. The third-order valence-corrected chi connectivity index (χ3v) is 4.84. The first-order valence-electron chi connectivity index (χ1n) is 8.25. The van der Waals surface area contributed by atoms with Crippen LogP contribution in [0.3, 0.4) is 0 Å². The molecule has 1 aliphatic heterocycles. The van der Waals surface area contributed by atoms with Gasteiger partial charge in [-0.1, -0.05) is 23.4 Å². The highest BCUT2D eigenvalue weighted by Crippen LogP contribution is 2.24. The quantitative estimate of drug-likeness (QED) is 0.473. The molecule has 0 spiro atoms. The highest BCUT2D eigenvalue weighted by Gasteiger charge is 2.26. The van der Waals surface area contributed by atoms with Crippen LogP contribution in [0.15, 0.2) is 11.2 Å². The second-order valence-corrected chi connectivity index (χ2v) is 7.68. The lowest BCUT2D eigenvalue weighted by atomic mass is 10.2. The van der Waals surface area contributed by atoms with Crippen LogP contribution in [0.4, 0.5) is 5.82 Å². The molecule has 1 aromatic heterocycles.